The molecule has 0 unspecified atom stereocenters. The van der Waals surface area contributed by atoms with Crippen molar-refractivity contribution in [3.63, 3.8) is 0 Å². The first kappa shape index (κ1) is 30.1. The zero-order chi connectivity index (χ0) is 23.6. The molecule has 0 aromatic heterocycles. The molecule has 0 aromatic rings. The van der Waals surface area contributed by atoms with Crippen LogP contribution in [0.3, 0.4) is 0 Å². The van der Waals surface area contributed by atoms with Gasteiger partial charge in [-0.1, -0.05) is 0 Å². The van der Waals surface area contributed by atoms with Gasteiger partial charge in [-0.25, -0.2) is 0 Å². The molecule has 184 valence electrons. The van der Waals surface area contributed by atoms with Crippen LogP contribution < -0.4 is 0 Å². The Bertz CT molecular complexity index is 424. The van der Waals surface area contributed by atoms with Crippen molar-refractivity contribution in [3.05, 3.63) is 24.3 Å². The van der Waals surface area contributed by atoms with E-state index < -0.39 is 0 Å². The Labute approximate surface area is 188 Å². The summed E-state index contributed by atoms with van der Waals surface area (Å²) in [6.45, 7) is 6.04. The molecule has 0 bridgehead atoms. The maximum Gasteiger partial charge on any atom is 0.102 e. The minimum Gasteiger partial charge on any atom is -0.391 e. The van der Waals surface area contributed by atoms with E-state index in [9.17, 15) is 30.6 Å². The van der Waals surface area contributed by atoms with Gasteiger partial charge >= 0.3 is 0 Å². The van der Waals surface area contributed by atoms with E-state index in [1.807, 2.05) is 0 Å². The normalized spacial score (nSPS) is 13.7. The second kappa shape index (κ2) is 16.7. The van der Waals surface area contributed by atoms with Crippen LogP contribution in [-0.4, -0.2) is 163 Å². The van der Waals surface area contributed by atoms with Gasteiger partial charge < -0.3 is 44.1 Å². The summed E-state index contributed by atoms with van der Waals surface area (Å²) in [5, 5.41) is 56.2. The van der Waals surface area contributed by atoms with E-state index in [0.717, 1.165) is 17.6 Å². The minimum absolute atomic E-state index is 0.0169. The van der Waals surface area contributed by atoms with E-state index in [-0.39, 0.29) is 39.6 Å². The first-order chi connectivity index (χ1) is 14.8. The van der Waals surface area contributed by atoms with Gasteiger partial charge in [0.15, 0.2) is 0 Å². The Morgan fingerprint density at radius 1 is 0.419 bits per heavy atom. The molecule has 0 heterocycles. The van der Waals surface area contributed by atoms with Crippen LogP contribution in [0.25, 0.3) is 0 Å². The highest BCUT2D eigenvalue weighted by Crippen LogP contribution is 2.08. The zero-order valence-corrected chi connectivity index (χ0v) is 19.6. The average Bonchev–Trinajstić information content (AvgIpc) is 2.70. The van der Waals surface area contributed by atoms with Crippen LogP contribution in [0.4, 0.5) is 0 Å². The molecule has 0 radical (unpaired) electrons. The fraction of sp³-hybridized carbons (Fsp3) is 0.818. The number of rotatable bonds is 20. The number of hydrogen-bond acceptors (Lipinski definition) is 6. The van der Waals surface area contributed by atoms with Gasteiger partial charge in [0.2, 0.25) is 0 Å². The topological polar surface area (TPSA) is 121 Å². The smallest absolute Gasteiger partial charge is 0.102 e. The van der Waals surface area contributed by atoms with Crippen LogP contribution in [-0.2, 0) is 0 Å². The molecule has 9 nitrogen and oxygen atoms in total. The van der Waals surface area contributed by atoms with E-state index in [4.69, 9.17) is 0 Å². The summed E-state index contributed by atoms with van der Waals surface area (Å²) in [5.74, 6) is 0. The molecule has 0 saturated heterocycles. The molecular formula is C22H48N3O6+3. The van der Waals surface area contributed by atoms with Crippen LogP contribution in [0.5, 0.6) is 0 Å². The highest BCUT2D eigenvalue weighted by molar-refractivity contribution is 4.85. The minimum atomic E-state index is 0.0169. The number of aliphatic hydroxyl groups is 6. The van der Waals surface area contributed by atoms with Crippen molar-refractivity contribution >= 4 is 0 Å². The molecule has 0 atom stereocenters. The van der Waals surface area contributed by atoms with E-state index in [1.165, 1.54) is 0 Å². The maximum atomic E-state index is 9.36. The summed E-state index contributed by atoms with van der Waals surface area (Å²) in [6.07, 6.45) is 8.35. The molecule has 0 aromatic carbocycles. The summed E-state index contributed by atoms with van der Waals surface area (Å²) >= 11 is 0. The third-order valence-corrected chi connectivity index (χ3v) is 5.96. The molecule has 0 aliphatic carbocycles. The second-order valence-corrected chi connectivity index (χ2v) is 8.98. The summed E-state index contributed by atoms with van der Waals surface area (Å²) < 4.78 is 1.68. The van der Waals surface area contributed by atoms with Crippen molar-refractivity contribution in [1.29, 1.82) is 0 Å². The number of aliphatic hydroxyl groups excluding tert-OH is 6. The third kappa shape index (κ3) is 12.7. The molecule has 6 N–H and O–H groups in total. The van der Waals surface area contributed by atoms with Gasteiger partial charge in [-0.15, -0.1) is 0 Å². The molecular weight excluding hydrogens is 402 g/mol. The van der Waals surface area contributed by atoms with E-state index in [2.05, 4.69) is 38.4 Å². The summed E-state index contributed by atoms with van der Waals surface area (Å²) in [7, 11) is 4.26. The van der Waals surface area contributed by atoms with Crippen molar-refractivity contribution in [2.45, 2.75) is 0 Å². The SMILES string of the molecule is C[N+](C)(C/C=C/C[N+](CCO)(CCO)CCO)C/C=C/C[N+](CCO)(CCO)CCO. The lowest BCUT2D eigenvalue weighted by molar-refractivity contribution is -0.923. The monoisotopic (exact) mass is 450 g/mol. The molecule has 9 heteroatoms. The van der Waals surface area contributed by atoms with Crippen LogP contribution in [0.15, 0.2) is 24.3 Å². The lowest BCUT2D eigenvalue weighted by Gasteiger charge is -2.36. The van der Waals surface area contributed by atoms with Crippen molar-refractivity contribution in [2.24, 2.45) is 0 Å². The van der Waals surface area contributed by atoms with Crippen molar-refractivity contribution in [3.8, 4) is 0 Å². The summed E-state index contributed by atoms with van der Waals surface area (Å²) in [5.41, 5.74) is 0. The van der Waals surface area contributed by atoms with Crippen LogP contribution in [0.2, 0.25) is 0 Å². The van der Waals surface area contributed by atoms with Crippen molar-refractivity contribution in [2.75, 3.05) is 119 Å². The van der Waals surface area contributed by atoms with Crippen LogP contribution in [0.1, 0.15) is 0 Å². The van der Waals surface area contributed by atoms with Gasteiger partial charge in [0, 0.05) is 0 Å². The van der Waals surface area contributed by atoms with Gasteiger partial charge in [0.05, 0.1) is 79.9 Å². The molecule has 0 saturated carbocycles. The molecule has 0 aliphatic rings. The maximum absolute atomic E-state index is 9.36. The lowest BCUT2D eigenvalue weighted by Crippen LogP contribution is -2.53. The molecule has 0 aliphatic heterocycles. The van der Waals surface area contributed by atoms with Crippen LogP contribution >= 0.6 is 0 Å². The Hall–Kier alpha value is -0.880. The highest BCUT2D eigenvalue weighted by atomic mass is 16.3. The quantitative estimate of drug-likeness (QED) is 0.0922. The molecule has 0 fully saturated rings. The van der Waals surface area contributed by atoms with Crippen molar-refractivity contribution in [1.82, 2.24) is 0 Å². The Morgan fingerprint density at radius 2 is 0.645 bits per heavy atom. The number of quaternary nitrogens is 3. The largest absolute Gasteiger partial charge is 0.391 e. The predicted octanol–water partition coefficient (Wildman–Crippen LogP) is -2.24. The van der Waals surface area contributed by atoms with Crippen molar-refractivity contribution < 1.29 is 44.1 Å². The van der Waals surface area contributed by atoms with E-state index >= 15 is 0 Å². The Kier molecular flexibility index (Phi) is 16.2. The molecule has 0 spiro atoms. The summed E-state index contributed by atoms with van der Waals surface area (Å²) in [6, 6.07) is 0. The predicted molar refractivity (Wildman–Crippen MR) is 122 cm³/mol. The van der Waals surface area contributed by atoms with E-state index in [0.29, 0.717) is 61.3 Å². The van der Waals surface area contributed by atoms with Gasteiger partial charge in [-0.05, 0) is 24.3 Å². The fourth-order valence-corrected chi connectivity index (χ4v) is 3.88. The fourth-order valence-electron chi connectivity index (χ4n) is 3.88. The van der Waals surface area contributed by atoms with E-state index in [1.54, 1.807) is 0 Å². The summed E-state index contributed by atoms with van der Waals surface area (Å²) in [4.78, 5) is 0. The first-order valence-corrected chi connectivity index (χ1v) is 11.3. The zero-order valence-electron chi connectivity index (χ0n) is 19.6. The second-order valence-electron chi connectivity index (χ2n) is 8.98. The van der Waals surface area contributed by atoms with Crippen LogP contribution in [0, 0.1) is 0 Å². The Balaban J connectivity index is 4.81. The first-order valence-electron chi connectivity index (χ1n) is 11.3. The van der Waals surface area contributed by atoms with Gasteiger partial charge in [-0.3, -0.25) is 0 Å². The third-order valence-electron chi connectivity index (χ3n) is 5.96. The lowest BCUT2D eigenvalue weighted by atomic mass is 10.2. The molecule has 31 heavy (non-hydrogen) atoms. The highest BCUT2D eigenvalue weighted by Gasteiger charge is 2.25. The van der Waals surface area contributed by atoms with Gasteiger partial charge in [0.1, 0.15) is 39.3 Å². The van der Waals surface area contributed by atoms with Gasteiger partial charge in [0.25, 0.3) is 0 Å². The Morgan fingerprint density at radius 3 is 0.871 bits per heavy atom. The number of nitrogens with zero attached hydrogens (tertiary/aromatic N) is 3. The standard InChI is InChI=1S/C22H48N3O6/c1-23(2,7-3-5-9-24(11-17-26,12-18-27)13-19-28)8-4-6-10-25(14-20-29,15-21-30)16-22-31/h3-6,26-31H,7-22H2,1-2H3/q+3/b5-3+,6-4+. The van der Waals surface area contributed by atoms with Gasteiger partial charge in [-0.2, -0.15) is 0 Å². The average molecular weight is 451 g/mol. The number of likely N-dealkylation sites (N-methyl/N-ethyl adjacent to an activating group) is 1. The molecule has 0 rings (SSSR count). The number of hydrogen-bond donors (Lipinski definition) is 6. The molecule has 0 amide bonds.